The smallest absolute Gasteiger partial charge is 0.175 e. The average Bonchev–Trinajstić information content (AvgIpc) is 2.84. The van der Waals surface area contributed by atoms with Gasteiger partial charge in [0.1, 0.15) is 12.4 Å². The molecule has 1 saturated heterocycles. The SMILES string of the molecule is CCOc1cc(CNc2ccc(N3CCOCC3)c(Cl)c2)cc(Br)c1OCc1ccccc1F. The van der Waals surface area contributed by atoms with E-state index < -0.39 is 0 Å². The maximum absolute atomic E-state index is 14.0. The van der Waals surface area contributed by atoms with Crippen LogP contribution in [-0.2, 0) is 17.9 Å². The Morgan fingerprint density at radius 1 is 1.09 bits per heavy atom. The molecule has 5 nitrogen and oxygen atoms in total. The molecule has 0 atom stereocenters. The van der Waals surface area contributed by atoms with Crippen LogP contribution in [-0.4, -0.2) is 32.9 Å². The van der Waals surface area contributed by atoms with E-state index in [1.54, 1.807) is 18.2 Å². The second-order valence-electron chi connectivity index (χ2n) is 7.84. The normalized spacial score (nSPS) is 13.6. The molecule has 1 aliphatic heterocycles. The monoisotopic (exact) mass is 548 g/mol. The number of morpholine rings is 1. The van der Waals surface area contributed by atoms with Crippen LogP contribution in [0.15, 0.2) is 59.1 Å². The molecule has 1 aliphatic rings. The molecule has 4 rings (SSSR count). The minimum atomic E-state index is -0.296. The lowest BCUT2D eigenvalue weighted by Gasteiger charge is -2.29. The second-order valence-corrected chi connectivity index (χ2v) is 9.10. The number of halogens is 3. The molecular weight excluding hydrogens is 523 g/mol. The lowest BCUT2D eigenvalue weighted by Crippen LogP contribution is -2.36. The number of ether oxygens (including phenoxy) is 3. The van der Waals surface area contributed by atoms with Gasteiger partial charge in [-0.05, 0) is 64.8 Å². The molecule has 1 fully saturated rings. The summed E-state index contributed by atoms with van der Waals surface area (Å²) in [4.78, 5) is 2.24. The van der Waals surface area contributed by atoms with Crippen molar-refractivity contribution in [1.29, 1.82) is 0 Å². The zero-order chi connectivity index (χ0) is 23.9. The molecule has 0 radical (unpaired) electrons. The maximum atomic E-state index is 14.0. The van der Waals surface area contributed by atoms with Gasteiger partial charge < -0.3 is 24.4 Å². The van der Waals surface area contributed by atoms with Crippen LogP contribution in [0, 0.1) is 5.82 Å². The van der Waals surface area contributed by atoms with Crippen molar-refractivity contribution in [3.63, 3.8) is 0 Å². The Kier molecular flexibility index (Phi) is 8.53. The first kappa shape index (κ1) is 24.6. The summed E-state index contributed by atoms with van der Waals surface area (Å²) in [5.41, 5.74) is 3.44. The number of anilines is 2. The lowest BCUT2D eigenvalue weighted by atomic mass is 10.2. The van der Waals surface area contributed by atoms with Gasteiger partial charge in [-0.3, -0.25) is 0 Å². The molecule has 0 aromatic heterocycles. The van der Waals surface area contributed by atoms with Gasteiger partial charge in [-0.25, -0.2) is 4.39 Å². The molecule has 3 aromatic carbocycles. The molecule has 0 amide bonds. The van der Waals surface area contributed by atoms with Gasteiger partial charge in [-0.2, -0.15) is 0 Å². The number of benzene rings is 3. The van der Waals surface area contributed by atoms with Gasteiger partial charge in [0.2, 0.25) is 0 Å². The Hall–Kier alpha value is -2.48. The summed E-state index contributed by atoms with van der Waals surface area (Å²) in [5.74, 6) is 0.855. The highest BCUT2D eigenvalue weighted by atomic mass is 79.9. The molecule has 8 heteroatoms. The lowest BCUT2D eigenvalue weighted by molar-refractivity contribution is 0.122. The van der Waals surface area contributed by atoms with Crippen molar-refractivity contribution in [2.75, 3.05) is 43.1 Å². The summed E-state index contributed by atoms with van der Waals surface area (Å²) >= 11 is 10.1. The summed E-state index contributed by atoms with van der Waals surface area (Å²) in [6.07, 6.45) is 0. The number of rotatable bonds is 9. The molecule has 0 aliphatic carbocycles. The Labute approximate surface area is 212 Å². The van der Waals surface area contributed by atoms with E-state index in [-0.39, 0.29) is 12.4 Å². The van der Waals surface area contributed by atoms with Crippen LogP contribution in [0.5, 0.6) is 11.5 Å². The molecule has 0 spiro atoms. The summed E-state index contributed by atoms with van der Waals surface area (Å²) in [5, 5.41) is 4.13. The minimum Gasteiger partial charge on any atom is -0.490 e. The van der Waals surface area contributed by atoms with Crippen LogP contribution < -0.4 is 19.7 Å². The second kappa shape index (κ2) is 11.8. The topological polar surface area (TPSA) is 43.0 Å². The van der Waals surface area contributed by atoms with Crippen LogP contribution >= 0.6 is 27.5 Å². The number of hydrogen-bond donors (Lipinski definition) is 1. The zero-order valence-electron chi connectivity index (χ0n) is 19.0. The van der Waals surface area contributed by atoms with Crippen LogP contribution in [0.4, 0.5) is 15.8 Å². The Morgan fingerprint density at radius 3 is 2.62 bits per heavy atom. The molecule has 0 unspecified atom stereocenters. The first-order valence-corrected chi connectivity index (χ1v) is 12.4. The van der Waals surface area contributed by atoms with Gasteiger partial charge in [0, 0.05) is 30.9 Å². The third kappa shape index (κ3) is 6.14. The quantitative estimate of drug-likeness (QED) is 0.323. The standard InChI is InChI=1S/C26H27BrClFN2O3/c1-2-33-25-14-18(13-21(27)26(25)34-17-19-5-3-4-6-23(19)29)16-30-20-7-8-24(22(28)15-20)31-9-11-32-12-10-31/h3-8,13-15,30H,2,9-12,16-17H2,1H3. The van der Waals surface area contributed by atoms with Crippen molar-refractivity contribution >= 4 is 38.9 Å². The molecule has 0 bridgehead atoms. The van der Waals surface area contributed by atoms with Crippen molar-refractivity contribution in [1.82, 2.24) is 0 Å². The van der Waals surface area contributed by atoms with Gasteiger partial charge in [0.15, 0.2) is 11.5 Å². The number of hydrogen-bond acceptors (Lipinski definition) is 5. The van der Waals surface area contributed by atoms with Crippen molar-refractivity contribution in [3.8, 4) is 11.5 Å². The van der Waals surface area contributed by atoms with E-state index in [1.807, 2.05) is 37.3 Å². The fourth-order valence-electron chi connectivity index (χ4n) is 3.77. The molecule has 1 heterocycles. The minimum absolute atomic E-state index is 0.108. The van der Waals surface area contributed by atoms with Crippen LogP contribution in [0.25, 0.3) is 0 Å². The van der Waals surface area contributed by atoms with Crippen LogP contribution in [0.3, 0.4) is 0 Å². The molecule has 3 aromatic rings. The van der Waals surface area contributed by atoms with Crippen LogP contribution in [0.2, 0.25) is 5.02 Å². The fourth-order valence-corrected chi connectivity index (χ4v) is 4.68. The largest absolute Gasteiger partial charge is 0.490 e. The van der Waals surface area contributed by atoms with Crippen molar-refractivity contribution in [2.45, 2.75) is 20.1 Å². The van der Waals surface area contributed by atoms with Crippen molar-refractivity contribution in [3.05, 3.63) is 81.0 Å². The predicted molar refractivity (Wildman–Crippen MR) is 138 cm³/mol. The van der Waals surface area contributed by atoms with Crippen LogP contribution in [0.1, 0.15) is 18.1 Å². The maximum Gasteiger partial charge on any atom is 0.175 e. The van der Waals surface area contributed by atoms with Gasteiger partial charge in [-0.15, -0.1) is 0 Å². The molecule has 1 N–H and O–H groups in total. The van der Waals surface area contributed by atoms with Crippen molar-refractivity contribution in [2.24, 2.45) is 0 Å². The third-order valence-corrected chi connectivity index (χ3v) is 6.39. The Bertz CT molecular complexity index is 1130. The first-order valence-electron chi connectivity index (χ1n) is 11.2. The first-order chi connectivity index (χ1) is 16.5. The molecule has 180 valence electrons. The fraction of sp³-hybridized carbons (Fsp3) is 0.308. The van der Waals surface area contributed by atoms with E-state index in [2.05, 4.69) is 26.1 Å². The highest BCUT2D eigenvalue weighted by Gasteiger charge is 2.16. The predicted octanol–water partition coefficient (Wildman–Crippen LogP) is 6.67. The van der Waals surface area contributed by atoms with Crippen molar-refractivity contribution < 1.29 is 18.6 Å². The number of nitrogens with zero attached hydrogens (tertiary/aromatic N) is 1. The third-order valence-electron chi connectivity index (χ3n) is 5.50. The summed E-state index contributed by atoms with van der Waals surface area (Å²) < 4.78 is 31.9. The van der Waals surface area contributed by atoms with E-state index in [0.717, 1.165) is 34.5 Å². The van der Waals surface area contributed by atoms with E-state index in [0.29, 0.717) is 48.5 Å². The Morgan fingerprint density at radius 2 is 1.88 bits per heavy atom. The average molecular weight is 550 g/mol. The Balaban J connectivity index is 1.45. The molecule has 0 saturated carbocycles. The molecule has 34 heavy (non-hydrogen) atoms. The van der Waals surface area contributed by atoms with Gasteiger partial charge >= 0.3 is 0 Å². The summed E-state index contributed by atoms with van der Waals surface area (Å²) in [7, 11) is 0. The summed E-state index contributed by atoms with van der Waals surface area (Å²) in [6.45, 7) is 6.19. The van der Waals surface area contributed by atoms with Gasteiger partial charge in [0.25, 0.3) is 0 Å². The zero-order valence-corrected chi connectivity index (χ0v) is 21.3. The van der Waals surface area contributed by atoms with Gasteiger partial charge in [0.05, 0.1) is 35.0 Å². The summed E-state index contributed by atoms with van der Waals surface area (Å²) in [6, 6.07) is 16.5. The highest BCUT2D eigenvalue weighted by molar-refractivity contribution is 9.10. The highest BCUT2D eigenvalue weighted by Crippen LogP contribution is 2.38. The van der Waals surface area contributed by atoms with E-state index in [4.69, 9.17) is 25.8 Å². The number of nitrogens with one attached hydrogen (secondary N) is 1. The van der Waals surface area contributed by atoms with E-state index in [1.165, 1.54) is 6.07 Å². The van der Waals surface area contributed by atoms with Gasteiger partial charge in [-0.1, -0.05) is 29.8 Å². The van der Waals surface area contributed by atoms with E-state index >= 15 is 0 Å². The molecular formula is C26H27BrClFN2O3. The van der Waals surface area contributed by atoms with E-state index in [9.17, 15) is 4.39 Å².